The van der Waals surface area contributed by atoms with Crippen molar-refractivity contribution >= 4 is 11.0 Å². The average molecular weight is 393 g/mol. The highest BCUT2D eigenvalue weighted by Gasteiger charge is 2.15. The van der Waals surface area contributed by atoms with Gasteiger partial charge in [-0.1, -0.05) is 72.8 Å². The van der Waals surface area contributed by atoms with E-state index in [0.717, 1.165) is 26.0 Å². The van der Waals surface area contributed by atoms with Gasteiger partial charge in [-0.2, -0.15) is 0 Å². The second kappa shape index (κ2) is 10.1. The van der Waals surface area contributed by atoms with Crippen molar-refractivity contribution < 1.29 is 21.7 Å². The fourth-order valence-electron chi connectivity index (χ4n) is 3.44. The number of ether oxygens (including phenoxy) is 1. The van der Waals surface area contributed by atoms with E-state index in [-0.39, 0.29) is 12.4 Å². The van der Waals surface area contributed by atoms with Crippen LogP contribution in [0.5, 0.6) is 0 Å². The fourth-order valence-corrected chi connectivity index (χ4v) is 3.44. The molecule has 1 aromatic heterocycles. The van der Waals surface area contributed by atoms with Crippen molar-refractivity contribution in [2.45, 2.75) is 26.1 Å². The summed E-state index contributed by atoms with van der Waals surface area (Å²) >= 11 is 0. The lowest BCUT2D eigenvalue weighted by Gasteiger charge is -2.03. The normalized spacial score (nSPS) is 10.7. The van der Waals surface area contributed by atoms with Gasteiger partial charge in [-0.25, -0.2) is 9.13 Å². The van der Waals surface area contributed by atoms with Gasteiger partial charge in [0.15, 0.2) is 17.8 Å². The summed E-state index contributed by atoms with van der Waals surface area (Å²) in [7, 11) is 0. The Hall–Kier alpha value is -2.62. The monoisotopic (exact) mass is 392 g/mol. The molecule has 3 nitrogen and oxygen atoms in total. The molecule has 4 heteroatoms. The molecule has 0 aliphatic carbocycles. The third kappa shape index (κ3) is 5.00. The molecule has 0 atom stereocenters. The van der Waals surface area contributed by atoms with E-state index < -0.39 is 0 Å². The number of nitrogens with zero attached hydrogens (tertiary/aromatic N) is 2. The van der Waals surface area contributed by atoms with E-state index in [9.17, 15) is 0 Å². The highest BCUT2D eigenvalue weighted by Crippen LogP contribution is 2.12. The predicted molar refractivity (Wildman–Crippen MR) is 108 cm³/mol. The molecule has 0 saturated carbocycles. The van der Waals surface area contributed by atoms with Crippen molar-refractivity contribution in [3.63, 3.8) is 0 Å². The highest BCUT2D eigenvalue weighted by molar-refractivity contribution is 5.71. The predicted octanol–water partition coefficient (Wildman–Crippen LogP) is 1.59. The zero-order valence-electron chi connectivity index (χ0n) is 15.9. The molecule has 0 N–H and O–H groups in total. The van der Waals surface area contributed by atoms with Gasteiger partial charge in [0, 0.05) is 0 Å². The minimum absolute atomic E-state index is 0. The molecular formula is C24H25ClN2O. The third-order valence-corrected chi connectivity index (χ3v) is 4.80. The molecule has 4 rings (SSSR count). The first kappa shape index (κ1) is 20.1. The SMILES string of the molecule is [Cl-].c1ccc(CCCOCn2c[n+](Cc3ccccc3)c3ccccc32)cc1. The van der Waals surface area contributed by atoms with Gasteiger partial charge in [0.25, 0.3) is 0 Å². The maximum atomic E-state index is 5.96. The van der Waals surface area contributed by atoms with Gasteiger partial charge in [0.1, 0.15) is 6.54 Å². The molecule has 0 amide bonds. The van der Waals surface area contributed by atoms with Crippen molar-refractivity contribution in [3.05, 3.63) is 102 Å². The van der Waals surface area contributed by atoms with Gasteiger partial charge in [-0.05, 0) is 36.1 Å². The quantitative estimate of drug-likeness (QED) is 0.329. The van der Waals surface area contributed by atoms with Crippen molar-refractivity contribution in [1.82, 2.24) is 4.57 Å². The van der Waals surface area contributed by atoms with Crippen LogP contribution in [-0.2, 0) is 24.4 Å². The average Bonchev–Trinajstić information content (AvgIpc) is 3.07. The summed E-state index contributed by atoms with van der Waals surface area (Å²) in [5.41, 5.74) is 5.10. The van der Waals surface area contributed by atoms with Crippen LogP contribution in [0, 0.1) is 0 Å². The van der Waals surface area contributed by atoms with E-state index >= 15 is 0 Å². The molecule has 144 valence electrons. The Morgan fingerprint density at radius 1 is 0.750 bits per heavy atom. The van der Waals surface area contributed by atoms with Crippen molar-refractivity contribution in [1.29, 1.82) is 0 Å². The van der Waals surface area contributed by atoms with E-state index in [2.05, 4.69) is 100 Å². The number of aryl methyl sites for hydroxylation is 1. The Bertz CT molecular complexity index is 983. The van der Waals surface area contributed by atoms with Gasteiger partial charge < -0.3 is 17.1 Å². The first-order valence-electron chi connectivity index (χ1n) is 9.53. The topological polar surface area (TPSA) is 18.0 Å². The molecule has 0 unspecified atom stereocenters. The first-order chi connectivity index (χ1) is 13.4. The van der Waals surface area contributed by atoms with Gasteiger partial charge in [-0.15, -0.1) is 0 Å². The number of hydrogen-bond donors (Lipinski definition) is 0. The van der Waals surface area contributed by atoms with Crippen LogP contribution < -0.4 is 17.0 Å². The molecule has 3 aromatic carbocycles. The molecular weight excluding hydrogens is 368 g/mol. The maximum Gasteiger partial charge on any atom is 0.246 e. The Balaban J connectivity index is 0.00000225. The van der Waals surface area contributed by atoms with Crippen LogP contribution in [0.15, 0.2) is 91.3 Å². The van der Waals surface area contributed by atoms with Crippen LogP contribution in [0.1, 0.15) is 17.5 Å². The highest BCUT2D eigenvalue weighted by atomic mass is 35.5. The number of hydrogen-bond acceptors (Lipinski definition) is 1. The summed E-state index contributed by atoms with van der Waals surface area (Å²) in [5, 5.41) is 0. The lowest BCUT2D eigenvalue weighted by Crippen LogP contribution is -3.00. The summed E-state index contributed by atoms with van der Waals surface area (Å²) in [5.74, 6) is 0. The fraction of sp³-hybridized carbons (Fsp3) is 0.208. The van der Waals surface area contributed by atoms with Crippen molar-refractivity contribution in [2.75, 3.05) is 6.61 Å². The van der Waals surface area contributed by atoms with E-state index in [4.69, 9.17) is 4.74 Å². The molecule has 28 heavy (non-hydrogen) atoms. The number of rotatable bonds is 8. The standard InChI is InChI=1S/C24H25N2O.ClH/c1-3-10-21(11-4-1)14-9-17-27-20-26-19-25(18-22-12-5-2-6-13-22)23-15-7-8-16-24(23)26;/h1-8,10-13,15-16,19H,9,14,17-18,20H2;1H/q+1;/p-1. The summed E-state index contributed by atoms with van der Waals surface area (Å²) in [6, 6.07) is 29.7. The molecule has 0 radical (unpaired) electrons. The molecule has 0 fully saturated rings. The number of aromatic nitrogens is 2. The van der Waals surface area contributed by atoms with Gasteiger partial charge in [0.2, 0.25) is 6.33 Å². The van der Waals surface area contributed by atoms with Crippen LogP contribution in [-0.4, -0.2) is 11.2 Å². The van der Waals surface area contributed by atoms with Crippen LogP contribution in [0.2, 0.25) is 0 Å². The Labute approximate surface area is 172 Å². The zero-order valence-corrected chi connectivity index (χ0v) is 16.6. The molecule has 1 heterocycles. The van der Waals surface area contributed by atoms with E-state index in [1.807, 2.05) is 0 Å². The van der Waals surface area contributed by atoms with Gasteiger partial charge in [0.05, 0.1) is 6.61 Å². The number of para-hydroxylation sites is 2. The largest absolute Gasteiger partial charge is 1.00 e. The first-order valence-corrected chi connectivity index (χ1v) is 9.53. The molecule has 0 aliphatic heterocycles. The van der Waals surface area contributed by atoms with E-state index in [1.54, 1.807) is 0 Å². The maximum absolute atomic E-state index is 5.96. The number of fused-ring (bicyclic) bond motifs is 1. The number of halogens is 1. The molecule has 0 spiro atoms. The van der Waals surface area contributed by atoms with Crippen LogP contribution >= 0.6 is 0 Å². The minimum atomic E-state index is 0. The summed E-state index contributed by atoms with van der Waals surface area (Å²) in [4.78, 5) is 0. The minimum Gasteiger partial charge on any atom is -1.00 e. The van der Waals surface area contributed by atoms with E-state index in [1.165, 1.54) is 22.2 Å². The van der Waals surface area contributed by atoms with Crippen LogP contribution in [0.3, 0.4) is 0 Å². The Morgan fingerprint density at radius 2 is 1.39 bits per heavy atom. The van der Waals surface area contributed by atoms with Gasteiger partial charge in [-0.3, -0.25) is 0 Å². The van der Waals surface area contributed by atoms with Crippen LogP contribution in [0.25, 0.3) is 11.0 Å². The second-order valence-electron chi connectivity index (χ2n) is 6.81. The molecule has 0 aliphatic rings. The van der Waals surface area contributed by atoms with Crippen molar-refractivity contribution in [2.24, 2.45) is 0 Å². The van der Waals surface area contributed by atoms with Crippen LogP contribution in [0.4, 0.5) is 0 Å². The third-order valence-electron chi connectivity index (χ3n) is 4.80. The van der Waals surface area contributed by atoms with E-state index in [0.29, 0.717) is 6.73 Å². The molecule has 4 aromatic rings. The Kier molecular flexibility index (Phi) is 7.24. The van der Waals surface area contributed by atoms with Crippen molar-refractivity contribution in [3.8, 4) is 0 Å². The second-order valence-corrected chi connectivity index (χ2v) is 6.81. The lowest BCUT2D eigenvalue weighted by atomic mass is 10.1. The number of imidazole rings is 1. The Morgan fingerprint density at radius 3 is 2.14 bits per heavy atom. The summed E-state index contributed by atoms with van der Waals surface area (Å²) in [6.07, 6.45) is 4.25. The lowest BCUT2D eigenvalue weighted by molar-refractivity contribution is -0.663. The summed E-state index contributed by atoms with van der Waals surface area (Å²) in [6.45, 7) is 2.21. The summed E-state index contributed by atoms with van der Waals surface area (Å²) < 4.78 is 10.4. The number of benzene rings is 3. The molecule has 0 bridgehead atoms. The smallest absolute Gasteiger partial charge is 0.246 e. The molecule has 0 saturated heterocycles. The van der Waals surface area contributed by atoms with Gasteiger partial charge >= 0.3 is 0 Å². The zero-order chi connectivity index (χ0) is 18.3.